The number of anilines is 1. The summed E-state index contributed by atoms with van der Waals surface area (Å²) < 4.78 is 16.3. The SMILES string of the molecule is O=C(CN1C(=O)[C@@H](NC(=O)OCc2ccccc2)COc2ccccc21)N[C@@H](C[C@@H]1CCNC1=O)C(=O)COC(=O)c1c(Cl)cccc1Cl. The molecule has 0 saturated carbocycles. The minimum Gasteiger partial charge on any atom is -0.489 e. The minimum absolute atomic E-state index is 0.0288. The first-order valence-corrected chi connectivity index (χ1v) is 16.1. The van der Waals surface area contributed by atoms with Gasteiger partial charge in [-0.25, -0.2) is 9.59 Å². The maximum Gasteiger partial charge on any atom is 0.408 e. The van der Waals surface area contributed by atoms with Crippen molar-refractivity contribution in [3.05, 3.63) is 94.0 Å². The van der Waals surface area contributed by atoms with Gasteiger partial charge in [0.25, 0.3) is 5.91 Å². The van der Waals surface area contributed by atoms with Gasteiger partial charge < -0.3 is 30.2 Å². The molecule has 4 amide bonds. The van der Waals surface area contributed by atoms with Gasteiger partial charge >= 0.3 is 12.1 Å². The number of nitrogens with zero attached hydrogens (tertiary/aromatic N) is 1. The Labute approximate surface area is 291 Å². The van der Waals surface area contributed by atoms with Crippen molar-refractivity contribution in [3.63, 3.8) is 0 Å². The summed E-state index contributed by atoms with van der Waals surface area (Å²) in [6, 6.07) is 17.4. The van der Waals surface area contributed by atoms with Gasteiger partial charge in [-0.3, -0.25) is 24.1 Å². The summed E-state index contributed by atoms with van der Waals surface area (Å²) in [7, 11) is 0. The number of amides is 4. The van der Waals surface area contributed by atoms with Crippen LogP contribution >= 0.6 is 23.2 Å². The quantitative estimate of drug-likeness (QED) is 0.238. The molecular weight excluding hydrogens is 679 g/mol. The monoisotopic (exact) mass is 710 g/mol. The Kier molecular flexibility index (Phi) is 11.7. The van der Waals surface area contributed by atoms with Gasteiger partial charge in [-0.2, -0.15) is 0 Å². The molecule has 49 heavy (non-hydrogen) atoms. The number of hydrogen-bond donors (Lipinski definition) is 3. The lowest BCUT2D eigenvalue weighted by Crippen LogP contribution is -2.54. The van der Waals surface area contributed by atoms with Gasteiger partial charge in [0.05, 0.1) is 27.3 Å². The first-order chi connectivity index (χ1) is 23.6. The molecule has 5 rings (SSSR count). The Morgan fingerprint density at radius 3 is 2.37 bits per heavy atom. The van der Waals surface area contributed by atoms with Crippen molar-refractivity contribution in [2.75, 3.05) is 31.2 Å². The summed E-state index contributed by atoms with van der Waals surface area (Å²) in [6.45, 7) is -1.20. The van der Waals surface area contributed by atoms with Crippen LogP contribution in [0.4, 0.5) is 10.5 Å². The number of halogens is 2. The fourth-order valence-electron chi connectivity index (χ4n) is 5.34. The lowest BCUT2D eigenvalue weighted by Gasteiger charge is -2.26. The molecule has 1 saturated heterocycles. The number of alkyl carbamates (subject to hydrolysis) is 1. The first kappa shape index (κ1) is 35.2. The highest BCUT2D eigenvalue weighted by molar-refractivity contribution is 6.39. The molecule has 0 spiro atoms. The fraction of sp³-hybridized carbons (Fsp3) is 0.294. The van der Waals surface area contributed by atoms with Crippen molar-refractivity contribution in [1.29, 1.82) is 0 Å². The van der Waals surface area contributed by atoms with E-state index in [0.29, 0.717) is 13.0 Å². The standard InChI is InChI=1S/C34H32Cl2N4O9/c35-22-9-6-10-23(36)30(22)33(45)48-19-27(41)24(15-21-13-14-37-31(21)43)38-29(42)16-40-26-11-4-5-12-28(26)47-18-25(32(40)44)39-34(46)49-17-20-7-2-1-3-8-20/h1-12,21,24-25H,13-19H2,(H,37,43)(H,38,42)(H,39,46)/t21-,24-,25-/m0/s1. The first-order valence-electron chi connectivity index (χ1n) is 15.3. The number of nitrogens with one attached hydrogen (secondary N) is 3. The molecule has 15 heteroatoms. The van der Waals surface area contributed by atoms with Crippen LogP contribution in [0.25, 0.3) is 0 Å². The number of para-hydroxylation sites is 2. The number of carbonyl (C=O) groups excluding carboxylic acids is 6. The van der Waals surface area contributed by atoms with E-state index in [2.05, 4.69) is 16.0 Å². The second-order valence-corrected chi connectivity index (χ2v) is 12.0. The molecule has 3 aromatic carbocycles. The fourth-order valence-corrected chi connectivity index (χ4v) is 5.89. The Balaban J connectivity index is 1.28. The molecule has 2 aliphatic rings. The average Bonchev–Trinajstić information content (AvgIpc) is 3.45. The van der Waals surface area contributed by atoms with Gasteiger partial charge in [0.1, 0.15) is 31.5 Å². The topological polar surface area (TPSA) is 169 Å². The van der Waals surface area contributed by atoms with Crippen molar-refractivity contribution in [2.45, 2.75) is 31.5 Å². The van der Waals surface area contributed by atoms with Gasteiger partial charge in [0.15, 0.2) is 12.4 Å². The van der Waals surface area contributed by atoms with Crippen LogP contribution in [0.3, 0.4) is 0 Å². The molecule has 2 aliphatic heterocycles. The Morgan fingerprint density at radius 2 is 1.65 bits per heavy atom. The molecule has 3 atom stereocenters. The van der Waals surface area contributed by atoms with Gasteiger partial charge in [0, 0.05) is 12.5 Å². The lowest BCUT2D eigenvalue weighted by molar-refractivity contribution is -0.130. The molecule has 2 heterocycles. The van der Waals surface area contributed by atoms with E-state index in [0.717, 1.165) is 10.5 Å². The summed E-state index contributed by atoms with van der Waals surface area (Å²) in [6.07, 6.45) is -0.517. The van der Waals surface area contributed by atoms with Crippen LogP contribution < -0.4 is 25.6 Å². The maximum absolute atomic E-state index is 13.8. The summed E-state index contributed by atoms with van der Waals surface area (Å²) in [5.74, 6) is -3.66. The third-order valence-corrected chi connectivity index (χ3v) is 8.48. The van der Waals surface area contributed by atoms with E-state index in [1.54, 1.807) is 54.6 Å². The van der Waals surface area contributed by atoms with Crippen molar-refractivity contribution < 1.29 is 43.0 Å². The van der Waals surface area contributed by atoms with Crippen molar-refractivity contribution in [1.82, 2.24) is 16.0 Å². The average molecular weight is 712 g/mol. The van der Waals surface area contributed by atoms with E-state index in [1.807, 2.05) is 6.07 Å². The van der Waals surface area contributed by atoms with Gasteiger partial charge in [-0.05, 0) is 42.7 Å². The van der Waals surface area contributed by atoms with Crippen LogP contribution in [-0.2, 0) is 35.3 Å². The largest absolute Gasteiger partial charge is 0.489 e. The molecule has 0 unspecified atom stereocenters. The van der Waals surface area contributed by atoms with Gasteiger partial charge in [-0.15, -0.1) is 0 Å². The second-order valence-electron chi connectivity index (χ2n) is 11.2. The number of rotatable bonds is 12. The number of ether oxygens (including phenoxy) is 3. The van der Waals surface area contributed by atoms with Crippen molar-refractivity contribution in [2.24, 2.45) is 5.92 Å². The van der Waals surface area contributed by atoms with E-state index in [-0.39, 0.29) is 52.6 Å². The molecule has 3 N–H and O–H groups in total. The number of Topliss-reactive ketones (excluding diaryl/α,β-unsaturated/α-hetero) is 1. The molecule has 0 radical (unpaired) electrons. The predicted molar refractivity (Wildman–Crippen MR) is 177 cm³/mol. The van der Waals surface area contributed by atoms with E-state index in [9.17, 15) is 28.8 Å². The van der Waals surface area contributed by atoms with Gasteiger partial charge in [0.2, 0.25) is 11.8 Å². The van der Waals surface area contributed by atoms with E-state index >= 15 is 0 Å². The smallest absolute Gasteiger partial charge is 0.408 e. The number of ketones is 1. The molecular formula is C34H32Cl2N4O9. The molecule has 3 aromatic rings. The summed E-state index contributed by atoms with van der Waals surface area (Å²) in [5, 5.41) is 7.86. The Morgan fingerprint density at radius 1 is 0.939 bits per heavy atom. The minimum atomic E-state index is -1.26. The van der Waals surface area contributed by atoms with Crippen molar-refractivity contribution >= 4 is 64.5 Å². The predicted octanol–water partition coefficient (Wildman–Crippen LogP) is 3.45. The molecule has 0 bridgehead atoms. The molecule has 0 aromatic heterocycles. The number of carbonyl (C=O) groups is 6. The molecule has 0 aliphatic carbocycles. The van der Waals surface area contributed by atoms with Crippen LogP contribution in [0.1, 0.15) is 28.8 Å². The van der Waals surface area contributed by atoms with Crippen molar-refractivity contribution in [3.8, 4) is 5.75 Å². The highest BCUT2D eigenvalue weighted by Gasteiger charge is 2.36. The third kappa shape index (κ3) is 9.06. The maximum atomic E-state index is 13.8. The Bertz CT molecular complexity index is 1720. The highest BCUT2D eigenvalue weighted by Crippen LogP contribution is 2.31. The van der Waals surface area contributed by atoms with Crippen LogP contribution in [0.5, 0.6) is 5.75 Å². The second kappa shape index (κ2) is 16.3. The van der Waals surface area contributed by atoms with E-state index in [1.165, 1.54) is 12.1 Å². The zero-order valence-electron chi connectivity index (χ0n) is 26.0. The number of benzene rings is 3. The van der Waals surface area contributed by atoms with Crippen LogP contribution in [0.2, 0.25) is 10.0 Å². The number of fused-ring (bicyclic) bond motifs is 1. The summed E-state index contributed by atoms with van der Waals surface area (Å²) in [4.78, 5) is 79.5. The Hall–Kier alpha value is -5.14. The molecule has 256 valence electrons. The third-order valence-electron chi connectivity index (χ3n) is 7.85. The summed E-state index contributed by atoms with van der Waals surface area (Å²) in [5.41, 5.74) is 0.878. The molecule has 1 fully saturated rings. The zero-order valence-corrected chi connectivity index (χ0v) is 27.5. The highest BCUT2D eigenvalue weighted by atomic mass is 35.5. The van der Waals surface area contributed by atoms with Gasteiger partial charge in [-0.1, -0.05) is 71.7 Å². The van der Waals surface area contributed by atoms with E-state index < -0.39 is 60.8 Å². The van der Waals surface area contributed by atoms with E-state index in [4.69, 9.17) is 37.4 Å². The lowest BCUT2D eigenvalue weighted by atomic mass is 9.96. The number of esters is 1. The number of hydrogen-bond acceptors (Lipinski definition) is 9. The normalized spacial score (nSPS) is 17.5. The van der Waals surface area contributed by atoms with Crippen LogP contribution in [0, 0.1) is 5.92 Å². The summed E-state index contributed by atoms with van der Waals surface area (Å²) >= 11 is 12.2. The molecule has 13 nitrogen and oxygen atoms in total. The van der Waals surface area contributed by atoms with Crippen LogP contribution in [0.15, 0.2) is 72.8 Å². The van der Waals surface area contributed by atoms with Crippen LogP contribution in [-0.4, -0.2) is 74.0 Å². The zero-order chi connectivity index (χ0) is 34.9.